The van der Waals surface area contributed by atoms with E-state index >= 15 is 0 Å². The van der Waals surface area contributed by atoms with E-state index in [0.29, 0.717) is 11.5 Å². The van der Waals surface area contributed by atoms with Crippen LogP contribution in [0.4, 0.5) is 8.78 Å². The molecule has 1 aliphatic rings. The average molecular weight is 368 g/mol. The second-order valence-corrected chi connectivity index (χ2v) is 7.34. The van der Waals surface area contributed by atoms with Crippen LogP contribution < -0.4 is 0 Å². The Morgan fingerprint density at radius 2 is 1.48 bits per heavy atom. The summed E-state index contributed by atoms with van der Waals surface area (Å²) in [5, 5.41) is 7.89. The topological polar surface area (TPSA) is 24.7 Å². The van der Waals surface area contributed by atoms with Crippen LogP contribution in [-0.2, 0) is 0 Å². The van der Waals surface area contributed by atoms with Crippen molar-refractivity contribution in [3.63, 3.8) is 0 Å². The zero-order chi connectivity index (χ0) is 19.1. The van der Waals surface area contributed by atoms with Gasteiger partial charge in [-0.15, -0.1) is 0 Å². The van der Waals surface area contributed by atoms with Gasteiger partial charge in [0.25, 0.3) is 0 Å². The van der Waals surface area contributed by atoms with E-state index < -0.39 is 11.6 Å². The highest BCUT2D eigenvalue weighted by molar-refractivity contribution is 5.82. The maximum Gasteiger partial charge on any atom is 0.159 e. The van der Waals surface area contributed by atoms with Crippen LogP contribution in [0.1, 0.15) is 68.1 Å². The first kappa shape index (κ1) is 19.4. The Kier molecular flexibility index (Phi) is 6.86. The quantitative estimate of drug-likeness (QED) is 0.411. The normalized spacial score (nSPS) is 20.6. The van der Waals surface area contributed by atoms with Crippen LogP contribution in [0.15, 0.2) is 52.7 Å². The third-order valence-electron chi connectivity index (χ3n) is 5.38. The molecule has 3 rings (SSSR count). The molecule has 0 saturated heterocycles. The number of rotatable bonds is 6. The van der Waals surface area contributed by atoms with Gasteiger partial charge in [-0.2, -0.15) is 10.2 Å². The molecule has 0 bridgehead atoms. The molecular formula is C23H26F2N2. The minimum Gasteiger partial charge on any atom is -0.204 e. The molecule has 2 nitrogen and oxygen atoms in total. The lowest BCUT2D eigenvalue weighted by Gasteiger charge is -2.28. The molecule has 0 N–H and O–H groups in total. The Morgan fingerprint density at radius 1 is 0.852 bits per heavy atom. The summed E-state index contributed by atoms with van der Waals surface area (Å²) in [6.07, 6.45) is 11.0. The van der Waals surface area contributed by atoms with Gasteiger partial charge >= 0.3 is 0 Å². The van der Waals surface area contributed by atoms with Crippen molar-refractivity contribution in [2.45, 2.75) is 51.4 Å². The van der Waals surface area contributed by atoms with Gasteiger partial charge in [0.15, 0.2) is 11.6 Å². The number of halogens is 2. The number of hydrogen-bond acceptors (Lipinski definition) is 2. The Morgan fingerprint density at radius 3 is 2.11 bits per heavy atom. The highest BCUT2D eigenvalue weighted by Gasteiger charge is 2.21. The van der Waals surface area contributed by atoms with Crippen LogP contribution in [0.25, 0.3) is 0 Å². The summed E-state index contributed by atoms with van der Waals surface area (Å²) in [4.78, 5) is 0. The lowest BCUT2D eigenvalue weighted by molar-refractivity contribution is 0.308. The Balaban J connectivity index is 1.53. The molecule has 0 spiro atoms. The van der Waals surface area contributed by atoms with Crippen LogP contribution in [-0.4, -0.2) is 12.4 Å². The average Bonchev–Trinajstić information content (AvgIpc) is 2.69. The van der Waals surface area contributed by atoms with Gasteiger partial charge in [0, 0.05) is 0 Å². The third-order valence-corrected chi connectivity index (χ3v) is 5.38. The zero-order valence-electron chi connectivity index (χ0n) is 15.7. The van der Waals surface area contributed by atoms with E-state index in [2.05, 4.69) is 41.4 Å². The summed E-state index contributed by atoms with van der Waals surface area (Å²) >= 11 is 0. The second-order valence-electron chi connectivity index (χ2n) is 7.34. The first-order chi connectivity index (χ1) is 13.2. The van der Waals surface area contributed by atoms with E-state index in [1.165, 1.54) is 56.4 Å². The van der Waals surface area contributed by atoms with Crippen molar-refractivity contribution >= 4 is 12.4 Å². The fraction of sp³-hybridized carbons (Fsp3) is 0.391. The molecule has 142 valence electrons. The summed E-state index contributed by atoms with van der Waals surface area (Å²) in [5.41, 5.74) is 2.85. The Bertz CT molecular complexity index is 789. The molecule has 0 radical (unpaired) electrons. The molecule has 0 aliphatic heterocycles. The monoisotopic (exact) mass is 368 g/mol. The summed E-state index contributed by atoms with van der Waals surface area (Å²) in [7, 11) is 0. The van der Waals surface area contributed by atoms with Gasteiger partial charge in [0.1, 0.15) is 0 Å². The van der Waals surface area contributed by atoms with E-state index in [4.69, 9.17) is 0 Å². The van der Waals surface area contributed by atoms with Crippen LogP contribution in [0, 0.1) is 17.6 Å². The predicted octanol–water partition coefficient (Wildman–Crippen LogP) is 6.49. The predicted molar refractivity (Wildman–Crippen MR) is 108 cm³/mol. The minimum atomic E-state index is -0.887. The van der Waals surface area contributed by atoms with Gasteiger partial charge in [0.2, 0.25) is 0 Å². The lowest BCUT2D eigenvalue weighted by atomic mass is 9.77. The van der Waals surface area contributed by atoms with E-state index in [9.17, 15) is 8.78 Å². The largest absolute Gasteiger partial charge is 0.204 e. The standard InChI is InChI=1S/C23H26F2N2/c1-2-3-17-4-9-20(10-5-17)21-11-6-18(7-12-21)15-26-27-16-19-8-13-22(24)23(25)14-19/h6-8,11-17,20H,2-5,9-10H2,1H3. The second kappa shape index (κ2) is 9.54. The molecular weight excluding hydrogens is 342 g/mol. The smallest absolute Gasteiger partial charge is 0.159 e. The maximum atomic E-state index is 13.1. The van der Waals surface area contributed by atoms with Crippen LogP contribution in [0.3, 0.4) is 0 Å². The lowest BCUT2D eigenvalue weighted by Crippen LogP contribution is -2.13. The van der Waals surface area contributed by atoms with Gasteiger partial charge in [-0.05, 0) is 66.3 Å². The molecule has 2 aromatic rings. The summed E-state index contributed by atoms with van der Waals surface area (Å²) in [6.45, 7) is 2.27. The van der Waals surface area contributed by atoms with Crippen molar-refractivity contribution in [2.24, 2.45) is 16.1 Å². The number of benzene rings is 2. The molecule has 1 aliphatic carbocycles. The van der Waals surface area contributed by atoms with E-state index in [1.54, 1.807) is 6.21 Å². The Hall–Kier alpha value is -2.36. The van der Waals surface area contributed by atoms with Crippen molar-refractivity contribution < 1.29 is 8.78 Å². The molecule has 0 amide bonds. The third kappa shape index (κ3) is 5.56. The zero-order valence-corrected chi connectivity index (χ0v) is 15.7. The van der Waals surface area contributed by atoms with Crippen molar-refractivity contribution in [2.75, 3.05) is 0 Å². The van der Waals surface area contributed by atoms with Crippen molar-refractivity contribution in [1.82, 2.24) is 0 Å². The molecule has 0 atom stereocenters. The molecule has 2 aromatic carbocycles. The summed E-state index contributed by atoms with van der Waals surface area (Å²) in [5.74, 6) is -0.155. The van der Waals surface area contributed by atoms with Crippen LogP contribution >= 0.6 is 0 Å². The number of nitrogens with zero attached hydrogens (tertiary/aromatic N) is 2. The van der Waals surface area contributed by atoms with Gasteiger partial charge in [-0.1, -0.05) is 50.1 Å². The highest BCUT2D eigenvalue weighted by Crippen LogP contribution is 2.37. The molecule has 0 aromatic heterocycles. The van der Waals surface area contributed by atoms with E-state index in [0.717, 1.165) is 23.6 Å². The van der Waals surface area contributed by atoms with Gasteiger partial charge < -0.3 is 0 Å². The van der Waals surface area contributed by atoms with E-state index in [-0.39, 0.29) is 0 Å². The van der Waals surface area contributed by atoms with Crippen LogP contribution in [0.2, 0.25) is 0 Å². The highest BCUT2D eigenvalue weighted by atomic mass is 19.2. The van der Waals surface area contributed by atoms with Gasteiger partial charge in [0.05, 0.1) is 12.4 Å². The number of hydrogen-bond donors (Lipinski definition) is 0. The molecule has 0 unspecified atom stereocenters. The fourth-order valence-electron chi connectivity index (χ4n) is 3.84. The first-order valence-electron chi connectivity index (χ1n) is 9.77. The van der Waals surface area contributed by atoms with Crippen molar-refractivity contribution in [3.05, 3.63) is 70.8 Å². The van der Waals surface area contributed by atoms with Gasteiger partial charge in [-0.3, -0.25) is 0 Å². The van der Waals surface area contributed by atoms with Crippen molar-refractivity contribution in [3.8, 4) is 0 Å². The molecule has 0 heterocycles. The fourth-order valence-corrected chi connectivity index (χ4v) is 3.84. The molecule has 27 heavy (non-hydrogen) atoms. The van der Waals surface area contributed by atoms with Crippen molar-refractivity contribution in [1.29, 1.82) is 0 Å². The maximum absolute atomic E-state index is 13.1. The summed E-state index contributed by atoms with van der Waals surface area (Å²) < 4.78 is 26.0. The minimum absolute atomic E-state index is 0.472. The van der Waals surface area contributed by atoms with Crippen LogP contribution in [0.5, 0.6) is 0 Å². The molecule has 1 saturated carbocycles. The molecule has 4 heteroatoms. The van der Waals surface area contributed by atoms with Gasteiger partial charge in [-0.25, -0.2) is 8.78 Å². The molecule has 1 fully saturated rings. The first-order valence-corrected chi connectivity index (χ1v) is 9.77. The Labute approximate surface area is 160 Å². The van der Waals surface area contributed by atoms with E-state index in [1.807, 2.05) is 0 Å². The SMILES string of the molecule is CCCC1CCC(c2ccc(C=NN=Cc3ccc(F)c(F)c3)cc2)CC1. The summed E-state index contributed by atoms with van der Waals surface area (Å²) in [6, 6.07) is 12.1.